The molecule has 0 aliphatic carbocycles. The monoisotopic (exact) mass is 287 g/mol. The Kier molecular flexibility index (Phi) is 5.76. The van der Waals surface area contributed by atoms with Crippen molar-refractivity contribution in [3.05, 3.63) is 65.5 Å². The van der Waals surface area contributed by atoms with Crippen LogP contribution in [0, 0.1) is 5.82 Å². The molecule has 0 heterocycles. The van der Waals surface area contributed by atoms with Gasteiger partial charge in [0.1, 0.15) is 0 Å². The zero-order chi connectivity index (χ0) is 15.1. The van der Waals surface area contributed by atoms with E-state index < -0.39 is 0 Å². The van der Waals surface area contributed by atoms with Crippen LogP contribution in [-0.2, 0) is 6.42 Å². The number of aryl methyl sites for hydroxylation is 1. The number of ether oxygens (including phenoxy) is 1. The fraction of sp³-hybridized carbons (Fsp3) is 0.333. The molecule has 2 aromatic rings. The van der Waals surface area contributed by atoms with Gasteiger partial charge < -0.3 is 10.1 Å². The van der Waals surface area contributed by atoms with Crippen molar-refractivity contribution in [3.8, 4) is 5.75 Å². The molecule has 0 radical (unpaired) electrons. The number of benzene rings is 2. The molecular weight excluding hydrogens is 265 g/mol. The number of halogens is 1. The lowest BCUT2D eigenvalue weighted by Gasteiger charge is -2.18. The van der Waals surface area contributed by atoms with Crippen molar-refractivity contribution in [3.63, 3.8) is 0 Å². The first kappa shape index (κ1) is 15.5. The summed E-state index contributed by atoms with van der Waals surface area (Å²) in [6, 6.07) is 15.8. The lowest BCUT2D eigenvalue weighted by atomic mass is 9.99. The summed E-state index contributed by atoms with van der Waals surface area (Å²) >= 11 is 0. The average Bonchev–Trinajstić information content (AvgIpc) is 2.52. The van der Waals surface area contributed by atoms with Crippen molar-refractivity contribution in [1.82, 2.24) is 5.32 Å². The summed E-state index contributed by atoms with van der Waals surface area (Å²) in [7, 11) is 1.48. The highest BCUT2D eigenvalue weighted by atomic mass is 19.1. The summed E-state index contributed by atoms with van der Waals surface area (Å²) < 4.78 is 18.7. The van der Waals surface area contributed by atoms with E-state index in [0.29, 0.717) is 11.8 Å². The van der Waals surface area contributed by atoms with Crippen molar-refractivity contribution < 1.29 is 9.13 Å². The Balaban J connectivity index is 2.03. The van der Waals surface area contributed by atoms with Crippen LogP contribution in [0.15, 0.2) is 48.5 Å². The molecule has 0 amide bonds. The molecule has 0 aliphatic rings. The van der Waals surface area contributed by atoms with Crippen LogP contribution in [0.5, 0.6) is 5.75 Å². The van der Waals surface area contributed by atoms with Crippen LogP contribution in [0.3, 0.4) is 0 Å². The molecule has 1 atom stereocenters. The van der Waals surface area contributed by atoms with E-state index in [9.17, 15) is 4.39 Å². The third-order valence-corrected chi connectivity index (χ3v) is 3.59. The van der Waals surface area contributed by atoms with E-state index >= 15 is 0 Å². The van der Waals surface area contributed by atoms with E-state index in [2.05, 4.69) is 24.4 Å². The summed E-state index contributed by atoms with van der Waals surface area (Å²) in [6.45, 7) is 3.01. The predicted octanol–water partition coefficient (Wildman–Crippen LogP) is 4.12. The third kappa shape index (κ3) is 4.30. The van der Waals surface area contributed by atoms with Gasteiger partial charge in [0, 0.05) is 6.04 Å². The normalized spacial score (nSPS) is 12.1. The van der Waals surface area contributed by atoms with Crippen molar-refractivity contribution >= 4 is 0 Å². The quantitative estimate of drug-likeness (QED) is 0.827. The first-order valence-electron chi connectivity index (χ1n) is 7.35. The molecule has 0 fully saturated rings. The highest BCUT2D eigenvalue weighted by molar-refractivity contribution is 5.29. The van der Waals surface area contributed by atoms with Crippen LogP contribution in [0.2, 0.25) is 0 Å². The SMILES string of the molecule is CCNC(CCc1ccc(OC)c(F)c1)c1ccccc1. The second kappa shape index (κ2) is 7.79. The van der Waals surface area contributed by atoms with Crippen molar-refractivity contribution in [2.45, 2.75) is 25.8 Å². The Labute approximate surface area is 126 Å². The fourth-order valence-corrected chi connectivity index (χ4v) is 2.49. The van der Waals surface area contributed by atoms with Gasteiger partial charge in [-0.1, -0.05) is 43.3 Å². The van der Waals surface area contributed by atoms with E-state index in [1.54, 1.807) is 12.1 Å². The number of methoxy groups -OCH3 is 1. The van der Waals surface area contributed by atoms with Crippen LogP contribution >= 0.6 is 0 Å². The molecular formula is C18H22FNO. The standard InChI is InChI=1S/C18H22FNO/c1-3-20-17(15-7-5-4-6-8-15)11-9-14-10-12-18(21-2)16(19)13-14/h4-8,10,12-13,17,20H,3,9,11H2,1-2H3. The van der Waals surface area contributed by atoms with E-state index in [4.69, 9.17) is 4.74 Å². The van der Waals surface area contributed by atoms with Gasteiger partial charge in [0.05, 0.1) is 7.11 Å². The summed E-state index contributed by atoms with van der Waals surface area (Å²) in [5, 5.41) is 3.49. The Hall–Kier alpha value is -1.87. The smallest absolute Gasteiger partial charge is 0.165 e. The van der Waals surface area contributed by atoms with Crippen LogP contribution in [0.1, 0.15) is 30.5 Å². The van der Waals surface area contributed by atoms with Gasteiger partial charge >= 0.3 is 0 Å². The van der Waals surface area contributed by atoms with Crippen LogP contribution < -0.4 is 10.1 Å². The number of hydrogen-bond acceptors (Lipinski definition) is 2. The highest BCUT2D eigenvalue weighted by Crippen LogP contribution is 2.22. The maximum Gasteiger partial charge on any atom is 0.165 e. The minimum Gasteiger partial charge on any atom is -0.494 e. The topological polar surface area (TPSA) is 21.3 Å². The van der Waals surface area contributed by atoms with Gasteiger partial charge in [-0.3, -0.25) is 0 Å². The summed E-state index contributed by atoms with van der Waals surface area (Å²) in [4.78, 5) is 0. The molecule has 2 rings (SSSR count). The second-order valence-corrected chi connectivity index (χ2v) is 5.03. The Bertz CT molecular complexity index is 556. The average molecular weight is 287 g/mol. The van der Waals surface area contributed by atoms with E-state index in [-0.39, 0.29) is 5.82 Å². The van der Waals surface area contributed by atoms with E-state index in [1.165, 1.54) is 12.7 Å². The third-order valence-electron chi connectivity index (χ3n) is 3.59. The minimum atomic E-state index is -0.297. The van der Waals surface area contributed by atoms with Gasteiger partial charge in [0.2, 0.25) is 0 Å². The zero-order valence-electron chi connectivity index (χ0n) is 12.6. The van der Waals surface area contributed by atoms with Crippen molar-refractivity contribution in [2.24, 2.45) is 0 Å². The van der Waals surface area contributed by atoms with E-state index in [1.807, 2.05) is 24.3 Å². The maximum absolute atomic E-state index is 13.7. The van der Waals surface area contributed by atoms with Crippen LogP contribution in [0.25, 0.3) is 0 Å². The van der Waals surface area contributed by atoms with Gasteiger partial charge in [0.25, 0.3) is 0 Å². The number of hydrogen-bond donors (Lipinski definition) is 1. The summed E-state index contributed by atoms with van der Waals surface area (Å²) in [5.74, 6) is -0.000227. The summed E-state index contributed by atoms with van der Waals surface area (Å²) in [6.07, 6.45) is 1.76. The van der Waals surface area contributed by atoms with Gasteiger partial charge in [-0.05, 0) is 42.6 Å². The van der Waals surface area contributed by atoms with Gasteiger partial charge in [-0.25, -0.2) is 4.39 Å². The van der Waals surface area contributed by atoms with Gasteiger partial charge in [-0.15, -0.1) is 0 Å². The second-order valence-electron chi connectivity index (χ2n) is 5.03. The molecule has 1 N–H and O–H groups in total. The Morgan fingerprint density at radius 2 is 1.90 bits per heavy atom. The number of rotatable bonds is 7. The lowest BCUT2D eigenvalue weighted by Crippen LogP contribution is -2.21. The molecule has 2 aromatic carbocycles. The molecule has 0 aromatic heterocycles. The predicted molar refractivity (Wildman–Crippen MR) is 84.1 cm³/mol. The van der Waals surface area contributed by atoms with Gasteiger partial charge in [0.15, 0.2) is 11.6 Å². The molecule has 112 valence electrons. The molecule has 0 spiro atoms. The molecule has 3 heteroatoms. The molecule has 0 saturated heterocycles. The number of nitrogens with one attached hydrogen (secondary N) is 1. The molecule has 21 heavy (non-hydrogen) atoms. The minimum absolute atomic E-state index is 0.293. The first-order valence-corrected chi connectivity index (χ1v) is 7.35. The van der Waals surface area contributed by atoms with Crippen molar-refractivity contribution in [1.29, 1.82) is 0 Å². The first-order chi connectivity index (χ1) is 10.2. The van der Waals surface area contributed by atoms with Gasteiger partial charge in [-0.2, -0.15) is 0 Å². The van der Waals surface area contributed by atoms with E-state index in [0.717, 1.165) is 24.9 Å². The molecule has 0 bridgehead atoms. The highest BCUT2D eigenvalue weighted by Gasteiger charge is 2.11. The molecule has 1 unspecified atom stereocenters. The van der Waals surface area contributed by atoms with Crippen molar-refractivity contribution in [2.75, 3.05) is 13.7 Å². The van der Waals surface area contributed by atoms with Crippen LogP contribution in [-0.4, -0.2) is 13.7 Å². The van der Waals surface area contributed by atoms with Crippen LogP contribution in [0.4, 0.5) is 4.39 Å². The Morgan fingerprint density at radius 3 is 2.52 bits per heavy atom. The molecule has 2 nitrogen and oxygen atoms in total. The largest absolute Gasteiger partial charge is 0.494 e. The molecule has 0 saturated carbocycles. The zero-order valence-corrected chi connectivity index (χ0v) is 12.6. The maximum atomic E-state index is 13.7. The lowest BCUT2D eigenvalue weighted by molar-refractivity contribution is 0.386. The fourth-order valence-electron chi connectivity index (χ4n) is 2.49. The summed E-state index contributed by atoms with van der Waals surface area (Å²) in [5.41, 5.74) is 2.26. The Morgan fingerprint density at radius 1 is 1.14 bits per heavy atom. The molecule has 0 aliphatic heterocycles.